The van der Waals surface area contributed by atoms with Crippen molar-refractivity contribution >= 4 is 17.3 Å². The van der Waals surface area contributed by atoms with Crippen LogP contribution in [0.4, 0.5) is 0 Å². The average Bonchev–Trinajstić information content (AvgIpc) is 2.65. The molecule has 1 aromatic rings. The van der Waals surface area contributed by atoms with Crippen molar-refractivity contribution in [3.63, 3.8) is 0 Å². The van der Waals surface area contributed by atoms with E-state index in [2.05, 4.69) is 17.2 Å². The molecule has 0 radical (unpaired) electrons. The summed E-state index contributed by atoms with van der Waals surface area (Å²) in [7, 11) is 1.39. The number of aromatic nitrogens is 1. The number of hydrogen-bond donors (Lipinski definition) is 1. The molecule has 0 spiro atoms. The van der Waals surface area contributed by atoms with Crippen molar-refractivity contribution in [2.24, 2.45) is 0 Å². The molecule has 0 aromatic carbocycles. The quantitative estimate of drug-likeness (QED) is 0.779. The summed E-state index contributed by atoms with van der Waals surface area (Å²) in [6.07, 6.45) is 0.970. The Morgan fingerprint density at radius 3 is 2.93 bits per heavy atom. The van der Waals surface area contributed by atoms with Crippen LogP contribution in [0.5, 0.6) is 0 Å². The lowest BCUT2D eigenvalue weighted by Crippen LogP contribution is -2.30. The topological polar surface area (TPSA) is 51.2 Å². The van der Waals surface area contributed by atoms with Crippen molar-refractivity contribution in [2.75, 3.05) is 13.7 Å². The van der Waals surface area contributed by atoms with Crippen molar-refractivity contribution in [3.8, 4) is 0 Å². The number of hydrogen-bond acceptors (Lipinski definition) is 5. The molecule has 0 bridgehead atoms. The van der Waals surface area contributed by atoms with Gasteiger partial charge in [-0.3, -0.25) is 5.32 Å². The van der Waals surface area contributed by atoms with Gasteiger partial charge in [0.2, 0.25) is 0 Å². The van der Waals surface area contributed by atoms with E-state index in [1.54, 1.807) is 0 Å². The van der Waals surface area contributed by atoms with Crippen LogP contribution in [0.1, 0.15) is 30.1 Å². The molecule has 1 aromatic heterocycles. The minimum absolute atomic E-state index is 0.280. The molecular formula is C10H16N2O2S. The Labute approximate surface area is 93.7 Å². The molecule has 4 nitrogen and oxygen atoms in total. The Morgan fingerprint density at radius 1 is 1.73 bits per heavy atom. The van der Waals surface area contributed by atoms with E-state index in [-0.39, 0.29) is 5.97 Å². The summed E-state index contributed by atoms with van der Waals surface area (Å²) in [6.45, 7) is 4.74. The molecule has 0 aliphatic rings. The number of esters is 1. The van der Waals surface area contributed by atoms with Gasteiger partial charge in [-0.1, -0.05) is 6.92 Å². The molecule has 0 saturated heterocycles. The highest BCUT2D eigenvalue weighted by atomic mass is 32.1. The molecule has 1 rings (SSSR count). The molecule has 15 heavy (non-hydrogen) atoms. The van der Waals surface area contributed by atoms with Gasteiger partial charge < -0.3 is 4.74 Å². The highest BCUT2D eigenvalue weighted by Crippen LogP contribution is 2.19. The van der Waals surface area contributed by atoms with Crippen LogP contribution in [0.15, 0.2) is 5.38 Å². The van der Waals surface area contributed by atoms with Gasteiger partial charge in [-0.25, -0.2) is 9.78 Å². The molecule has 1 N–H and O–H groups in total. The number of carbonyl (C=O) groups is 1. The second kappa shape index (κ2) is 5.82. The minimum Gasteiger partial charge on any atom is -0.468 e. The van der Waals surface area contributed by atoms with E-state index >= 15 is 0 Å². The molecule has 1 atom stereocenters. The zero-order valence-corrected chi connectivity index (χ0v) is 10.1. The Bertz CT molecular complexity index is 325. The van der Waals surface area contributed by atoms with E-state index in [1.807, 2.05) is 12.3 Å². The maximum Gasteiger partial charge on any atom is 0.330 e. The molecule has 0 saturated carbocycles. The van der Waals surface area contributed by atoms with E-state index < -0.39 is 6.04 Å². The fraction of sp³-hybridized carbons (Fsp3) is 0.600. The normalized spacial score (nSPS) is 12.5. The Hall–Kier alpha value is -0.940. The second-order valence-electron chi connectivity index (χ2n) is 3.24. The first-order chi connectivity index (χ1) is 7.19. The van der Waals surface area contributed by atoms with Gasteiger partial charge in [-0.15, -0.1) is 11.3 Å². The monoisotopic (exact) mass is 228 g/mol. The summed E-state index contributed by atoms with van der Waals surface area (Å²) < 4.78 is 4.74. The number of aryl methyl sites for hydroxylation is 1. The van der Waals surface area contributed by atoms with Gasteiger partial charge in [0.1, 0.15) is 5.01 Å². The summed E-state index contributed by atoms with van der Waals surface area (Å²) in [6, 6.07) is -0.423. The van der Waals surface area contributed by atoms with Gasteiger partial charge in [0.25, 0.3) is 0 Å². The van der Waals surface area contributed by atoms with Crippen molar-refractivity contribution < 1.29 is 9.53 Å². The highest BCUT2D eigenvalue weighted by molar-refractivity contribution is 7.09. The van der Waals surface area contributed by atoms with E-state index in [0.29, 0.717) is 0 Å². The number of carbonyl (C=O) groups excluding carboxylic acids is 1. The average molecular weight is 228 g/mol. The van der Waals surface area contributed by atoms with Crippen molar-refractivity contribution in [3.05, 3.63) is 16.1 Å². The zero-order valence-electron chi connectivity index (χ0n) is 9.24. The molecule has 0 aliphatic carbocycles. The van der Waals surface area contributed by atoms with E-state index in [4.69, 9.17) is 4.74 Å². The van der Waals surface area contributed by atoms with Crippen molar-refractivity contribution in [1.29, 1.82) is 0 Å². The first kappa shape index (κ1) is 12.1. The fourth-order valence-electron chi connectivity index (χ4n) is 1.18. The summed E-state index contributed by atoms with van der Waals surface area (Å²) in [4.78, 5) is 15.8. The van der Waals surface area contributed by atoms with Gasteiger partial charge >= 0.3 is 5.97 Å². The second-order valence-corrected chi connectivity index (χ2v) is 4.13. The molecule has 0 fully saturated rings. The zero-order chi connectivity index (χ0) is 11.3. The maximum atomic E-state index is 11.5. The fourth-order valence-corrected chi connectivity index (χ4v) is 2.04. The number of thiazole rings is 1. The lowest BCUT2D eigenvalue weighted by molar-refractivity contribution is -0.143. The molecule has 1 heterocycles. The van der Waals surface area contributed by atoms with Crippen LogP contribution in [-0.4, -0.2) is 24.6 Å². The van der Waals surface area contributed by atoms with Crippen LogP contribution in [0, 0.1) is 6.92 Å². The number of rotatable bonds is 5. The van der Waals surface area contributed by atoms with Crippen molar-refractivity contribution in [1.82, 2.24) is 10.3 Å². The van der Waals surface area contributed by atoms with Crippen LogP contribution >= 0.6 is 11.3 Å². The van der Waals surface area contributed by atoms with Gasteiger partial charge in [0.05, 0.1) is 7.11 Å². The largest absolute Gasteiger partial charge is 0.468 e. The van der Waals surface area contributed by atoms with Crippen LogP contribution < -0.4 is 5.32 Å². The summed E-state index contributed by atoms with van der Waals surface area (Å²) >= 11 is 1.48. The Morgan fingerprint density at radius 2 is 2.47 bits per heavy atom. The van der Waals surface area contributed by atoms with E-state index in [9.17, 15) is 4.79 Å². The molecule has 5 heteroatoms. The molecule has 84 valence electrons. The lowest BCUT2D eigenvalue weighted by Gasteiger charge is -2.13. The van der Waals surface area contributed by atoms with Gasteiger partial charge in [-0.2, -0.15) is 0 Å². The molecule has 1 unspecified atom stereocenters. The third-order valence-corrected chi connectivity index (χ3v) is 2.95. The molecule has 0 amide bonds. The smallest absolute Gasteiger partial charge is 0.330 e. The molecular weight excluding hydrogens is 212 g/mol. The molecule has 0 aliphatic heterocycles. The number of ether oxygens (including phenoxy) is 1. The first-order valence-electron chi connectivity index (χ1n) is 4.92. The Balaban J connectivity index is 2.76. The maximum absolute atomic E-state index is 11.5. The van der Waals surface area contributed by atoms with Crippen LogP contribution in [0.2, 0.25) is 0 Å². The lowest BCUT2D eigenvalue weighted by atomic mass is 10.3. The minimum atomic E-state index is -0.423. The SMILES string of the molecule is CCCNC(C(=O)OC)c1nc(C)cs1. The van der Waals surface area contributed by atoms with Crippen LogP contribution in [0.25, 0.3) is 0 Å². The van der Waals surface area contributed by atoms with Gasteiger partial charge in [-0.05, 0) is 19.9 Å². The third kappa shape index (κ3) is 3.28. The summed E-state index contributed by atoms with van der Waals surface area (Å²) in [5.41, 5.74) is 0.933. The summed E-state index contributed by atoms with van der Waals surface area (Å²) in [5, 5.41) is 5.82. The van der Waals surface area contributed by atoms with Crippen LogP contribution in [0.3, 0.4) is 0 Å². The van der Waals surface area contributed by atoms with Gasteiger partial charge in [0.15, 0.2) is 6.04 Å². The Kier molecular flexibility index (Phi) is 4.71. The highest BCUT2D eigenvalue weighted by Gasteiger charge is 2.23. The van der Waals surface area contributed by atoms with Crippen molar-refractivity contribution in [2.45, 2.75) is 26.3 Å². The number of methoxy groups -OCH3 is 1. The number of nitrogens with one attached hydrogen (secondary N) is 1. The predicted molar refractivity (Wildman–Crippen MR) is 59.9 cm³/mol. The summed E-state index contributed by atoms with van der Waals surface area (Å²) in [5.74, 6) is -0.280. The third-order valence-electron chi connectivity index (χ3n) is 1.92. The van der Waals surface area contributed by atoms with E-state index in [0.717, 1.165) is 23.7 Å². The standard InChI is InChI=1S/C10H16N2O2S/c1-4-5-11-8(10(13)14-3)9-12-7(2)6-15-9/h6,8,11H,4-5H2,1-3H3. The van der Waals surface area contributed by atoms with Gasteiger partial charge in [0, 0.05) is 11.1 Å². The predicted octanol–water partition coefficient (Wildman–Crippen LogP) is 1.67. The number of nitrogens with zero attached hydrogens (tertiary/aromatic N) is 1. The van der Waals surface area contributed by atoms with E-state index in [1.165, 1.54) is 18.4 Å². The first-order valence-corrected chi connectivity index (χ1v) is 5.80. The van der Waals surface area contributed by atoms with Crippen LogP contribution in [-0.2, 0) is 9.53 Å².